The van der Waals surface area contributed by atoms with Crippen LogP contribution in [0.15, 0.2) is 21.7 Å². The van der Waals surface area contributed by atoms with Gasteiger partial charge in [0, 0.05) is 4.47 Å². The second kappa shape index (κ2) is 3.06. The number of rotatable bonds is 0. The highest BCUT2D eigenvalue weighted by Crippen LogP contribution is 2.26. The number of nitrogen functional groups attached to an aromatic ring is 1. The molecule has 4 nitrogen and oxygen atoms in total. The minimum atomic E-state index is -0.747. The zero-order chi connectivity index (χ0) is 10.3. The van der Waals surface area contributed by atoms with Crippen molar-refractivity contribution in [3.05, 3.63) is 33.0 Å². The van der Waals surface area contributed by atoms with Crippen molar-refractivity contribution < 1.29 is 4.39 Å². The average molecular weight is 258 g/mol. The van der Waals surface area contributed by atoms with Gasteiger partial charge in [0.15, 0.2) is 5.82 Å². The number of benzene rings is 1. The zero-order valence-corrected chi connectivity index (χ0v) is 8.43. The number of fused-ring (bicyclic) bond motifs is 1. The molecule has 0 aliphatic carbocycles. The lowest BCUT2D eigenvalue weighted by Crippen LogP contribution is -2.09. The van der Waals surface area contributed by atoms with Crippen LogP contribution in [0.2, 0.25) is 0 Å². The van der Waals surface area contributed by atoms with E-state index in [1.54, 1.807) is 0 Å². The van der Waals surface area contributed by atoms with Gasteiger partial charge in [-0.15, -0.1) is 0 Å². The van der Waals surface area contributed by atoms with Gasteiger partial charge in [0.25, 0.3) is 5.56 Å². The molecular formula is C8H5BrFN3O. The van der Waals surface area contributed by atoms with Crippen LogP contribution in [0.25, 0.3) is 10.9 Å². The molecule has 1 heterocycles. The third kappa shape index (κ3) is 1.19. The number of H-pyrrole nitrogens is 1. The Balaban J connectivity index is 3.07. The summed E-state index contributed by atoms with van der Waals surface area (Å²) in [5, 5.41) is -0.117. The van der Waals surface area contributed by atoms with Gasteiger partial charge < -0.3 is 10.7 Å². The standard InChI is InChI=1S/C8H5BrFN3O/c9-3-1-4-5(6(10)7(3)11)8(14)13-2-12-4/h1-2H,11H2,(H,12,13,14). The van der Waals surface area contributed by atoms with Crippen LogP contribution in [-0.4, -0.2) is 9.97 Å². The minimum absolute atomic E-state index is 0.0870. The fourth-order valence-corrected chi connectivity index (χ4v) is 1.56. The Labute approximate surface area is 86.1 Å². The Morgan fingerprint density at radius 2 is 2.29 bits per heavy atom. The van der Waals surface area contributed by atoms with Gasteiger partial charge in [0.2, 0.25) is 0 Å². The lowest BCUT2D eigenvalue weighted by atomic mass is 10.2. The minimum Gasteiger partial charge on any atom is -0.395 e. The molecule has 0 aliphatic rings. The number of aromatic nitrogens is 2. The summed E-state index contributed by atoms with van der Waals surface area (Å²) < 4.78 is 13.9. The zero-order valence-electron chi connectivity index (χ0n) is 6.84. The maximum Gasteiger partial charge on any atom is 0.261 e. The van der Waals surface area contributed by atoms with E-state index in [1.807, 2.05) is 0 Å². The molecule has 2 rings (SSSR count). The number of nitrogens with two attached hydrogens (primary N) is 1. The van der Waals surface area contributed by atoms with Gasteiger partial charge in [-0.05, 0) is 22.0 Å². The van der Waals surface area contributed by atoms with Crippen molar-refractivity contribution >= 4 is 32.5 Å². The molecule has 0 amide bonds. The third-order valence-electron chi connectivity index (χ3n) is 1.86. The van der Waals surface area contributed by atoms with Crippen LogP contribution in [0.5, 0.6) is 0 Å². The number of nitrogens with zero attached hydrogens (tertiary/aromatic N) is 1. The average Bonchev–Trinajstić information content (AvgIpc) is 2.14. The summed E-state index contributed by atoms with van der Waals surface area (Å²) in [6, 6.07) is 1.50. The summed E-state index contributed by atoms with van der Waals surface area (Å²) in [5.74, 6) is -0.747. The molecule has 0 fully saturated rings. The van der Waals surface area contributed by atoms with Gasteiger partial charge in [0.05, 0.1) is 17.5 Å². The summed E-state index contributed by atoms with van der Waals surface area (Å²) >= 11 is 3.07. The monoisotopic (exact) mass is 257 g/mol. The van der Waals surface area contributed by atoms with Gasteiger partial charge in [-0.25, -0.2) is 9.37 Å². The Hall–Kier alpha value is -1.43. The maximum atomic E-state index is 13.5. The first-order chi connectivity index (χ1) is 6.61. The van der Waals surface area contributed by atoms with Crippen LogP contribution in [0.1, 0.15) is 0 Å². The molecule has 0 bridgehead atoms. The van der Waals surface area contributed by atoms with Crippen LogP contribution < -0.4 is 11.3 Å². The molecule has 0 saturated carbocycles. The highest BCUT2D eigenvalue weighted by molar-refractivity contribution is 9.10. The molecule has 72 valence electrons. The van der Waals surface area contributed by atoms with Crippen molar-refractivity contribution in [3.8, 4) is 0 Å². The Morgan fingerprint density at radius 1 is 1.57 bits per heavy atom. The van der Waals surface area contributed by atoms with Crippen LogP contribution in [0, 0.1) is 5.82 Å². The highest BCUT2D eigenvalue weighted by Gasteiger charge is 2.12. The van der Waals surface area contributed by atoms with Crippen molar-refractivity contribution in [1.82, 2.24) is 9.97 Å². The van der Waals surface area contributed by atoms with E-state index in [-0.39, 0.29) is 16.6 Å². The molecule has 1 aromatic heterocycles. The van der Waals surface area contributed by atoms with Crippen LogP contribution in [0.4, 0.5) is 10.1 Å². The van der Waals surface area contributed by atoms with Crippen molar-refractivity contribution in [3.63, 3.8) is 0 Å². The van der Waals surface area contributed by atoms with Gasteiger partial charge in [0.1, 0.15) is 5.39 Å². The number of hydrogen-bond donors (Lipinski definition) is 2. The molecule has 2 aromatic rings. The lowest BCUT2D eigenvalue weighted by Gasteiger charge is -2.02. The summed E-state index contributed by atoms with van der Waals surface area (Å²) in [6.45, 7) is 0. The predicted octanol–water partition coefficient (Wildman–Crippen LogP) is 1.41. The summed E-state index contributed by atoms with van der Waals surface area (Å²) in [6.07, 6.45) is 1.22. The molecule has 1 aromatic carbocycles. The molecule has 0 saturated heterocycles. The van der Waals surface area contributed by atoms with E-state index in [2.05, 4.69) is 25.9 Å². The van der Waals surface area contributed by atoms with E-state index >= 15 is 0 Å². The van der Waals surface area contributed by atoms with E-state index in [4.69, 9.17) is 5.73 Å². The van der Waals surface area contributed by atoms with E-state index in [1.165, 1.54) is 12.4 Å². The van der Waals surface area contributed by atoms with Gasteiger partial charge in [-0.3, -0.25) is 4.79 Å². The van der Waals surface area contributed by atoms with Gasteiger partial charge in [-0.1, -0.05) is 0 Å². The Kier molecular flexibility index (Phi) is 1.99. The second-order valence-corrected chi connectivity index (χ2v) is 3.57. The molecule has 0 spiro atoms. The third-order valence-corrected chi connectivity index (χ3v) is 2.52. The van der Waals surface area contributed by atoms with Crippen LogP contribution in [0.3, 0.4) is 0 Å². The van der Waals surface area contributed by atoms with Crippen LogP contribution >= 0.6 is 15.9 Å². The first-order valence-corrected chi connectivity index (χ1v) is 4.51. The molecule has 0 aliphatic heterocycles. The van der Waals surface area contributed by atoms with Crippen molar-refractivity contribution in [2.24, 2.45) is 0 Å². The molecule has 0 unspecified atom stereocenters. The van der Waals surface area contributed by atoms with Crippen molar-refractivity contribution in [1.29, 1.82) is 0 Å². The van der Waals surface area contributed by atoms with E-state index in [0.717, 1.165) is 0 Å². The molecule has 0 atom stereocenters. The fourth-order valence-electron chi connectivity index (χ4n) is 1.17. The van der Waals surface area contributed by atoms with Crippen molar-refractivity contribution in [2.75, 3.05) is 5.73 Å². The van der Waals surface area contributed by atoms with Gasteiger partial charge >= 0.3 is 0 Å². The smallest absolute Gasteiger partial charge is 0.261 e. The Bertz CT molecular complexity index is 566. The SMILES string of the molecule is Nc1c(Br)cc2nc[nH]c(=O)c2c1F. The van der Waals surface area contributed by atoms with E-state index in [9.17, 15) is 9.18 Å². The normalized spacial score (nSPS) is 10.7. The molecule has 0 radical (unpaired) electrons. The van der Waals surface area contributed by atoms with Gasteiger partial charge in [-0.2, -0.15) is 0 Å². The number of nitrogens with one attached hydrogen (secondary N) is 1. The molecule has 14 heavy (non-hydrogen) atoms. The number of anilines is 1. The first-order valence-electron chi connectivity index (χ1n) is 3.72. The van der Waals surface area contributed by atoms with Crippen molar-refractivity contribution in [2.45, 2.75) is 0 Å². The van der Waals surface area contributed by atoms with Crippen LogP contribution in [-0.2, 0) is 0 Å². The number of aromatic amines is 1. The number of hydrogen-bond acceptors (Lipinski definition) is 3. The largest absolute Gasteiger partial charge is 0.395 e. The predicted molar refractivity (Wildman–Crippen MR) is 54.4 cm³/mol. The topological polar surface area (TPSA) is 71.8 Å². The van der Waals surface area contributed by atoms with E-state index in [0.29, 0.717) is 4.47 Å². The lowest BCUT2D eigenvalue weighted by molar-refractivity contribution is 0.642. The fraction of sp³-hybridized carbons (Fsp3) is 0. The summed E-state index contributed by atoms with van der Waals surface area (Å²) in [4.78, 5) is 17.4. The quantitative estimate of drug-likeness (QED) is 0.701. The first kappa shape index (κ1) is 9.14. The summed E-state index contributed by atoms with van der Waals surface area (Å²) in [5.41, 5.74) is 5.06. The second-order valence-electron chi connectivity index (χ2n) is 2.71. The summed E-state index contributed by atoms with van der Waals surface area (Å²) in [7, 11) is 0. The van der Waals surface area contributed by atoms with E-state index < -0.39 is 11.4 Å². The Morgan fingerprint density at radius 3 is 3.00 bits per heavy atom. The molecular weight excluding hydrogens is 253 g/mol. The molecule has 6 heteroatoms. The maximum absolute atomic E-state index is 13.5. The number of halogens is 2. The highest BCUT2D eigenvalue weighted by atomic mass is 79.9. The molecule has 3 N–H and O–H groups in total.